The van der Waals surface area contributed by atoms with Crippen LogP contribution in [0.3, 0.4) is 0 Å². The Balaban J connectivity index is 1.65. The van der Waals surface area contributed by atoms with Gasteiger partial charge in [-0.05, 0) is 18.6 Å². The fourth-order valence-corrected chi connectivity index (χ4v) is 1.61. The third-order valence-electron chi connectivity index (χ3n) is 2.29. The van der Waals surface area contributed by atoms with Crippen LogP contribution in [0, 0.1) is 0 Å². The summed E-state index contributed by atoms with van der Waals surface area (Å²) in [6.45, 7) is 1.47. The SMILES string of the molecule is Clc1cc(NCCCOc2ccccc2)cnn1. The molecule has 0 amide bonds. The predicted octanol–water partition coefficient (Wildman–Crippen LogP) is 3.01. The highest BCUT2D eigenvalue weighted by atomic mass is 35.5. The lowest BCUT2D eigenvalue weighted by molar-refractivity contribution is 0.315. The second-order valence-electron chi connectivity index (χ2n) is 3.71. The molecule has 0 spiro atoms. The van der Waals surface area contributed by atoms with Gasteiger partial charge in [0.05, 0.1) is 18.5 Å². The Morgan fingerprint density at radius 2 is 2.06 bits per heavy atom. The van der Waals surface area contributed by atoms with Crippen LogP contribution >= 0.6 is 11.6 Å². The van der Waals surface area contributed by atoms with Gasteiger partial charge in [0, 0.05) is 12.6 Å². The van der Waals surface area contributed by atoms with Gasteiger partial charge in [-0.2, -0.15) is 5.10 Å². The Hall–Kier alpha value is -1.81. The van der Waals surface area contributed by atoms with Gasteiger partial charge in [-0.15, -0.1) is 5.10 Å². The molecule has 1 heterocycles. The number of nitrogens with one attached hydrogen (secondary N) is 1. The molecule has 1 aromatic heterocycles. The van der Waals surface area contributed by atoms with Gasteiger partial charge < -0.3 is 10.1 Å². The Morgan fingerprint density at radius 3 is 2.83 bits per heavy atom. The highest BCUT2D eigenvalue weighted by Crippen LogP contribution is 2.10. The Bertz CT molecular complexity index is 479. The van der Waals surface area contributed by atoms with Crippen molar-refractivity contribution < 1.29 is 4.74 Å². The van der Waals surface area contributed by atoms with Crippen molar-refractivity contribution >= 4 is 17.3 Å². The minimum absolute atomic E-state index is 0.389. The lowest BCUT2D eigenvalue weighted by Gasteiger charge is -2.07. The van der Waals surface area contributed by atoms with E-state index >= 15 is 0 Å². The first-order chi connectivity index (χ1) is 8.84. The molecule has 0 saturated heterocycles. The van der Waals surface area contributed by atoms with Crippen molar-refractivity contribution in [1.82, 2.24) is 10.2 Å². The standard InChI is InChI=1S/C13H14ClN3O/c14-13-9-11(10-16-17-13)15-7-4-8-18-12-5-2-1-3-6-12/h1-3,5-6,9-10H,4,7-8H2,(H,15,17). The third-order valence-corrected chi connectivity index (χ3v) is 2.47. The number of ether oxygens (including phenoxy) is 1. The monoisotopic (exact) mass is 263 g/mol. The summed E-state index contributed by atoms with van der Waals surface area (Å²) in [6, 6.07) is 11.5. The highest BCUT2D eigenvalue weighted by molar-refractivity contribution is 6.29. The van der Waals surface area contributed by atoms with Gasteiger partial charge in [0.1, 0.15) is 5.75 Å². The number of para-hydroxylation sites is 1. The maximum absolute atomic E-state index is 5.73. The van der Waals surface area contributed by atoms with Crippen LogP contribution in [-0.2, 0) is 0 Å². The van der Waals surface area contributed by atoms with Crippen molar-refractivity contribution in [2.45, 2.75) is 6.42 Å². The molecule has 5 heteroatoms. The average molecular weight is 264 g/mol. The maximum Gasteiger partial charge on any atom is 0.153 e. The number of hydrogen-bond acceptors (Lipinski definition) is 4. The summed E-state index contributed by atoms with van der Waals surface area (Å²) >= 11 is 5.73. The molecule has 0 atom stereocenters. The molecule has 2 aromatic rings. The van der Waals surface area contributed by atoms with Gasteiger partial charge in [-0.3, -0.25) is 0 Å². The first-order valence-corrected chi connectivity index (χ1v) is 6.12. The number of hydrogen-bond donors (Lipinski definition) is 1. The Morgan fingerprint density at radius 1 is 1.22 bits per heavy atom. The summed E-state index contributed by atoms with van der Waals surface area (Å²) in [5, 5.41) is 11.0. The Kier molecular flexibility index (Phi) is 4.78. The fraction of sp³-hybridized carbons (Fsp3) is 0.231. The molecule has 0 aliphatic heterocycles. The number of aromatic nitrogens is 2. The van der Waals surface area contributed by atoms with E-state index in [4.69, 9.17) is 16.3 Å². The molecule has 18 heavy (non-hydrogen) atoms. The number of anilines is 1. The van der Waals surface area contributed by atoms with E-state index in [1.54, 1.807) is 12.3 Å². The van der Waals surface area contributed by atoms with Crippen LogP contribution in [0.2, 0.25) is 5.15 Å². The highest BCUT2D eigenvalue weighted by Gasteiger charge is 1.96. The van der Waals surface area contributed by atoms with Gasteiger partial charge in [0.2, 0.25) is 0 Å². The van der Waals surface area contributed by atoms with Crippen LogP contribution in [0.4, 0.5) is 5.69 Å². The molecule has 4 nitrogen and oxygen atoms in total. The van der Waals surface area contributed by atoms with Gasteiger partial charge in [-0.25, -0.2) is 0 Å². The van der Waals surface area contributed by atoms with E-state index in [0.29, 0.717) is 11.8 Å². The number of nitrogens with zero attached hydrogens (tertiary/aromatic N) is 2. The van der Waals surface area contributed by atoms with E-state index in [-0.39, 0.29) is 0 Å². The van der Waals surface area contributed by atoms with Gasteiger partial charge >= 0.3 is 0 Å². The van der Waals surface area contributed by atoms with Gasteiger partial charge in [-0.1, -0.05) is 29.8 Å². The van der Waals surface area contributed by atoms with Crippen LogP contribution in [-0.4, -0.2) is 23.3 Å². The zero-order chi connectivity index (χ0) is 12.6. The summed E-state index contributed by atoms with van der Waals surface area (Å²) in [7, 11) is 0. The molecule has 1 N–H and O–H groups in total. The van der Waals surface area contributed by atoms with Crippen molar-refractivity contribution in [2.24, 2.45) is 0 Å². The lowest BCUT2D eigenvalue weighted by atomic mass is 10.3. The van der Waals surface area contributed by atoms with Crippen molar-refractivity contribution in [2.75, 3.05) is 18.5 Å². The minimum atomic E-state index is 0.389. The zero-order valence-electron chi connectivity index (χ0n) is 9.84. The summed E-state index contributed by atoms with van der Waals surface area (Å²) < 4.78 is 5.57. The summed E-state index contributed by atoms with van der Waals surface area (Å²) in [6.07, 6.45) is 2.54. The molecule has 0 radical (unpaired) electrons. The van der Waals surface area contributed by atoms with Crippen LogP contribution in [0.1, 0.15) is 6.42 Å². The average Bonchev–Trinajstić information content (AvgIpc) is 2.40. The molecule has 0 fully saturated rings. The zero-order valence-corrected chi connectivity index (χ0v) is 10.6. The first-order valence-electron chi connectivity index (χ1n) is 5.74. The van der Waals surface area contributed by atoms with Crippen molar-refractivity contribution in [3.8, 4) is 5.75 Å². The van der Waals surface area contributed by atoms with E-state index in [1.807, 2.05) is 30.3 Å². The molecule has 1 aromatic carbocycles. The van der Waals surface area contributed by atoms with E-state index in [0.717, 1.165) is 24.4 Å². The lowest BCUT2D eigenvalue weighted by Crippen LogP contribution is -2.07. The fourth-order valence-electron chi connectivity index (χ4n) is 1.45. The van der Waals surface area contributed by atoms with Crippen LogP contribution in [0.5, 0.6) is 5.75 Å². The topological polar surface area (TPSA) is 47.0 Å². The van der Waals surface area contributed by atoms with E-state index in [2.05, 4.69) is 15.5 Å². The van der Waals surface area contributed by atoms with E-state index in [1.165, 1.54) is 0 Å². The summed E-state index contributed by atoms with van der Waals surface area (Å²) in [4.78, 5) is 0. The largest absolute Gasteiger partial charge is 0.494 e. The molecule has 94 valence electrons. The molecule has 0 saturated carbocycles. The molecule has 0 bridgehead atoms. The van der Waals surface area contributed by atoms with E-state index < -0.39 is 0 Å². The maximum atomic E-state index is 5.73. The second kappa shape index (κ2) is 6.81. The molecule has 0 aliphatic carbocycles. The minimum Gasteiger partial charge on any atom is -0.494 e. The van der Waals surface area contributed by atoms with Crippen LogP contribution in [0.15, 0.2) is 42.6 Å². The normalized spacial score (nSPS) is 10.1. The van der Waals surface area contributed by atoms with Crippen molar-refractivity contribution in [3.63, 3.8) is 0 Å². The summed E-state index contributed by atoms with van der Waals surface area (Å²) in [5.41, 5.74) is 0.870. The number of benzene rings is 1. The van der Waals surface area contributed by atoms with Crippen molar-refractivity contribution in [1.29, 1.82) is 0 Å². The van der Waals surface area contributed by atoms with Gasteiger partial charge in [0.15, 0.2) is 5.15 Å². The molecule has 0 aliphatic rings. The smallest absolute Gasteiger partial charge is 0.153 e. The molecular weight excluding hydrogens is 250 g/mol. The molecular formula is C13H14ClN3O. The number of halogens is 1. The van der Waals surface area contributed by atoms with Crippen molar-refractivity contribution in [3.05, 3.63) is 47.7 Å². The van der Waals surface area contributed by atoms with Gasteiger partial charge in [0.25, 0.3) is 0 Å². The quantitative estimate of drug-likeness (QED) is 0.814. The molecule has 2 rings (SSSR count). The predicted molar refractivity (Wildman–Crippen MR) is 72.1 cm³/mol. The second-order valence-corrected chi connectivity index (χ2v) is 4.10. The first kappa shape index (κ1) is 12.6. The Labute approximate surface area is 111 Å². The molecule has 0 unspecified atom stereocenters. The summed E-state index contributed by atoms with van der Waals surface area (Å²) in [5.74, 6) is 0.895. The van der Waals surface area contributed by atoms with Crippen LogP contribution in [0.25, 0.3) is 0 Å². The van der Waals surface area contributed by atoms with E-state index in [9.17, 15) is 0 Å². The van der Waals surface area contributed by atoms with Crippen LogP contribution < -0.4 is 10.1 Å². The third kappa shape index (κ3) is 4.22. The number of rotatable bonds is 6.